The van der Waals surface area contributed by atoms with Crippen LogP contribution in [0, 0.1) is 0 Å². The zero-order valence-corrected chi connectivity index (χ0v) is 19.5. The number of aliphatic hydroxyl groups is 1. The van der Waals surface area contributed by atoms with Crippen LogP contribution >= 0.6 is 11.6 Å². The summed E-state index contributed by atoms with van der Waals surface area (Å²) in [4.78, 5) is 28.2. The summed E-state index contributed by atoms with van der Waals surface area (Å²) in [6, 6.07) is 14.2. The summed E-state index contributed by atoms with van der Waals surface area (Å²) in [6.45, 7) is 0.0485. The van der Waals surface area contributed by atoms with Crippen LogP contribution in [0.1, 0.15) is 27.9 Å². The molecule has 2 aromatic heterocycles. The van der Waals surface area contributed by atoms with Gasteiger partial charge in [-0.2, -0.15) is 0 Å². The van der Waals surface area contributed by atoms with Gasteiger partial charge in [0.2, 0.25) is 5.78 Å². The van der Waals surface area contributed by atoms with Crippen LogP contribution in [0.2, 0.25) is 5.02 Å². The van der Waals surface area contributed by atoms with Gasteiger partial charge >= 0.3 is 0 Å². The van der Waals surface area contributed by atoms with Gasteiger partial charge in [-0.05, 0) is 42.0 Å². The van der Waals surface area contributed by atoms with Crippen molar-refractivity contribution in [2.75, 3.05) is 14.2 Å². The number of nitrogens with zero attached hydrogens (tertiary/aromatic N) is 1. The summed E-state index contributed by atoms with van der Waals surface area (Å²) in [7, 11) is 3.01. The number of ketones is 1. The van der Waals surface area contributed by atoms with Gasteiger partial charge in [-0.15, -0.1) is 0 Å². The second-order valence-corrected chi connectivity index (χ2v) is 8.35. The van der Waals surface area contributed by atoms with Crippen molar-refractivity contribution in [1.82, 2.24) is 4.90 Å². The normalized spacial score (nSPS) is 15.8. The SMILES string of the molecule is COc1ccc(C2C(C(=O)c3cc4cc(Cl)cc(OC)c4o3)=C(O)C(=O)N2Cc2ccco2)cc1. The summed E-state index contributed by atoms with van der Waals surface area (Å²) in [6.07, 6.45) is 1.49. The number of rotatable bonds is 7. The molecule has 178 valence electrons. The largest absolute Gasteiger partial charge is 0.503 e. The van der Waals surface area contributed by atoms with Gasteiger partial charge in [0.05, 0.1) is 38.6 Å². The molecular formula is C26H20ClNO7. The topological polar surface area (TPSA) is 102 Å². The van der Waals surface area contributed by atoms with E-state index in [0.29, 0.717) is 38.8 Å². The average molecular weight is 494 g/mol. The molecule has 0 bridgehead atoms. The molecule has 0 radical (unpaired) electrons. The zero-order valence-electron chi connectivity index (χ0n) is 18.8. The Kier molecular flexibility index (Phi) is 5.74. The first-order valence-electron chi connectivity index (χ1n) is 10.6. The minimum Gasteiger partial charge on any atom is -0.503 e. The summed E-state index contributed by atoms with van der Waals surface area (Å²) in [5, 5.41) is 11.8. The highest BCUT2D eigenvalue weighted by Gasteiger charge is 2.45. The fraction of sp³-hybridized carbons (Fsp3) is 0.154. The maximum absolute atomic E-state index is 13.7. The van der Waals surface area contributed by atoms with Crippen LogP contribution < -0.4 is 9.47 Å². The van der Waals surface area contributed by atoms with Gasteiger partial charge in [-0.1, -0.05) is 23.7 Å². The molecule has 3 heterocycles. The highest BCUT2D eigenvalue weighted by molar-refractivity contribution is 6.31. The summed E-state index contributed by atoms with van der Waals surface area (Å²) < 4.78 is 21.8. The Morgan fingerprint density at radius 2 is 1.89 bits per heavy atom. The minimum absolute atomic E-state index is 0.0485. The van der Waals surface area contributed by atoms with Crippen molar-refractivity contribution in [3.63, 3.8) is 0 Å². The third-order valence-electron chi connectivity index (χ3n) is 5.88. The number of hydrogen-bond donors (Lipinski definition) is 1. The van der Waals surface area contributed by atoms with E-state index in [0.717, 1.165) is 0 Å². The van der Waals surface area contributed by atoms with Crippen LogP contribution in [0.25, 0.3) is 11.0 Å². The van der Waals surface area contributed by atoms with Crippen molar-refractivity contribution in [3.8, 4) is 11.5 Å². The number of carbonyl (C=O) groups excluding carboxylic acids is 2. The van der Waals surface area contributed by atoms with E-state index < -0.39 is 23.5 Å². The number of fused-ring (bicyclic) bond motifs is 1. The number of halogens is 1. The molecule has 1 aliphatic heterocycles. The molecular weight excluding hydrogens is 474 g/mol. The lowest BCUT2D eigenvalue weighted by Gasteiger charge is -2.26. The molecule has 4 aromatic rings. The average Bonchev–Trinajstić information content (AvgIpc) is 3.59. The van der Waals surface area contributed by atoms with Gasteiger partial charge in [-0.25, -0.2) is 0 Å². The van der Waals surface area contributed by atoms with E-state index in [9.17, 15) is 14.7 Å². The molecule has 1 unspecified atom stereocenters. The van der Waals surface area contributed by atoms with Crippen molar-refractivity contribution in [2.45, 2.75) is 12.6 Å². The Hall–Kier alpha value is -4.17. The fourth-order valence-corrected chi connectivity index (χ4v) is 4.45. The molecule has 0 aliphatic carbocycles. The van der Waals surface area contributed by atoms with E-state index >= 15 is 0 Å². The van der Waals surface area contributed by atoms with E-state index in [1.807, 2.05) is 0 Å². The maximum Gasteiger partial charge on any atom is 0.290 e. The van der Waals surface area contributed by atoms with Crippen molar-refractivity contribution in [1.29, 1.82) is 0 Å². The quantitative estimate of drug-likeness (QED) is 0.340. The van der Waals surface area contributed by atoms with Crippen molar-refractivity contribution >= 4 is 34.3 Å². The Balaban J connectivity index is 1.61. The first-order chi connectivity index (χ1) is 16.9. The number of carbonyl (C=O) groups is 2. The number of methoxy groups -OCH3 is 2. The maximum atomic E-state index is 13.7. The fourth-order valence-electron chi connectivity index (χ4n) is 4.23. The van der Waals surface area contributed by atoms with Gasteiger partial charge in [0.1, 0.15) is 11.5 Å². The molecule has 0 fully saturated rings. The molecule has 0 saturated heterocycles. The lowest BCUT2D eigenvalue weighted by molar-refractivity contribution is -0.130. The molecule has 8 nitrogen and oxygen atoms in total. The van der Waals surface area contributed by atoms with Gasteiger partial charge in [0.15, 0.2) is 22.9 Å². The Labute approximate surface area is 204 Å². The Bertz CT molecular complexity index is 1450. The van der Waals surface area contributed by atoms with Crippen LogP contribution in [-0.4, -0.2) is 35.9 Å². The highest BCUT2D eigenvalue weighted by atomic mass is 35.5. The second kappa shape index (κ2) is 8.88. The Morgan fingerprint density at radius 3 is 2.54 bits per heavy atom. The third-order valence-corrected chi connectivity index (χ3v) is 6.10. The van der Waals surface area contributed by atoms with Gasteiger partial charge in [-0.3, -0.25) is 9.59 Å². The molecule has 1 atom stereocenters. The van der Waals surface area contributed by atoms with Gasteiger partial charge < -0.3 is 28.3 Å². The van der Waals surface area contributed by atoms with Crippen LogP contribution in [0.4, 0.5) is 0 Å². The summed E-state index contributed by atoms with van der Waals surface area (Å²) >= 11 is 6.15. The number of Topliss-reactive ketones (excluding diaryl/α,β-unsaturated/α-hetero) is 1. The van der Waals surface area contributed by atoms with Crippen molar-refractivity contribution < 1.29 is 33.0 Å². The van der Waals surface area contributed by atoms with Crippen molar-refractivity contribution in [3.05, 3.63) is 94.3 Å². The van der Waals surface area contributed by atoms with Gasteiger partial charge in [0.25, 0.3) is 5.91 Å². The standard InChI is InChI=1S/C26H20ClNO7/c1-32-17-7-5-14(6-8-17)22-21(24(30)26(31)28(22)13-18-4-3-9-34-18)23(29)19-11-15-10-16(27)12-20(33-2)25(15)35-19/h3-12,22,30H,13H2,1-2H3. The summed E-state index contributed by atoms with van der Waals surface area (Å²) in [5.41, 5.74) is 0.837. The molecule has 1 N–H and O–H groups in total. The van der Waals surface area contributed by atoms with E-state index in [1.165, 1.54) is 24.3 Å². The number of ether oxygens (including phenoxy) is 2. The molecule has 1 amide bonds. The van der Waals surface area contributed by atoms with Crippen LogP contribution in [0.3, 0.4) is 0 Å². The van der Waals surface area contributed by atoms with E-state index in [1.54, 1.807) is 55.6 Å². The van der Waals surface area contributed by atoms with E-state index in [4.69, 9.17) is 29.9 Å². The van der Waals surface area contributed by atoms with Crippen LogP contribution in [-0.2, 0) is 11.3 Å². The number of amides is 1. The third kappa shape index (κ3) is 3.91. The lowest BCUT2D eigenvalue weighted by atomic mass is 9.95. The zero-order chi connectivity index (χ0) is 24.7. The number of furan rings is 2. The number of aliphatic hydroxyl groups excluding tert-OH is 1. The minimum atomic E-state index is -0.885. The molecule has 9 heteroatoms. The molecule has 5 rings (SSSR count). The van der Waals surface area contributed by atoms with Crippen LogP contribution in [0.15, 0.2) is 81.0 Å². The van der Waals surface area contributed by atoms with Crippen molar-refractivity contribution in [2.24, 2.45) is 0 Å². The smallest absolute Gasteiger partial charge is 0.290 e. The van der Waals surface area contributed by atoms with E-state index in [2.05, 4.69) is 0 Å². The molecule has 0 spiro atoms. The first-order valence-corrected chi connectivity index (χ1v) is 11.0. The number of hydrogen-bond acceptors (Lipinski definition) is 7. The monoisotopic (exact) mass is 493 g/mol. The molecule has 2 aromatic carbocycles. The van der Waals surface area contributed by atoms with E-state index in [-0.39, 0.29) is 17.9 Å². The summed E-state index contributed by atoms with van der Waals surface area (Å²) in [5.74, 6) is -0.561. The molecule has 35 heavy (non-hydrogen) atoms. The first kappa shape index (κ1) is 22.6. The lowest BCUT2D eigenvalue weighted by Crippen LogP contribution is -2.30. The predicted molar refractivity (Wildman–Crippen MR) is 127 cm³/mol. The number of benzene rings is 2. The highest BCUT2D eigenvalue weighted by Crippen LogP contribution is 2.41. The second-order valence-electron chi connectivity index (χ2n) is 7.92. The molecule has 1 aliphatic rings. The predicted octanol–water partition coefficient (Wildman–Crippen LogP) is 5.47. The Morgan fingerprint density at radius 1 is 1.11 bits per heavy atom. The van der Waals surface area contributed by atoms with Crippen LogP contribution in [0.5, 0.6) is 11.5 Å². The molecule has 0 saturated carbocycles. The van der Waals surface area contributed by atoms with Gasteiger partial charge in [0, 0.05) is 16.5 Å².